The van der Waals surface area contributed by atoms with Crippen molar-refractivity contribution in [2.75, 3.05) is 6.26 Å². The standard InChI is InChI=1S/C23H20N2O4S/c1-15-22(16-3-9-19(26)10-4-16)24-25(23(15)17-5-11-20(27)12-6-17)18-7-13-21(14-8-18)30(2,28)29/h3-14,26-27H,1-2H3. The maximum absolute atomic E-state index is 11.8. The summed E-state index contributed by atoms with van der Waals surface area (Å²) in [5.41, 5.74) is 4.89. The van der Waals surface area contributed by atoms with E-state index in [1.165, 1.54) is 6.26 Å². The number of nitrogens with zero attached hydrogens (tertiary/aromatic N) is 2. The fraction of sp³-hybridized carbons (Fsp3) is 0.0870. The first-order valence-corrected chi connectivity index (χ1v) is 11.1. The van der Waals surface area contributed by atoms with Gasteiger partial charge in [0.1, 0.15) is 11.5 Å². The molecule has 0 unspecified atom stereocenters. The van der Waals surface area contributed by atoms with Crippen LogP contribution in [0.25, 0.3) is 28.2 Å². The summed E-state index contributed by atoms with van der Waals surface area (Å²) >= 11 is 0. The number of sulfone groups is 1. The first-order chi connectivity index (χ1) is 14.2. The Hall–Kier alpha value is -3.58. The molecule has 0 bridgehead atoms. The molecule has 0 aliphatic heterocycles. The number of phenols is 2. The highest BCUT2D eigenvalue weighted by Gasteiger charge is 2.19. The van der Waals surface area contributed by atoms with Crippen LogP contribution in [0.1, 0.15) is 5.56 Å². The Morgan fingerprint density at radius 2 is 1.27 bits per heavy atom. The van der Waals surface area contributed by atoms with Crippen LogP contribution in [0.5, 0.6) is 11.5 Å². The Balaban J connectivity index is 1.93. The Bertz CT molecular complexity index is 1310. The molecule has 0 aliphatic rings. The average Bonchev–Trinajstić information content (AvgIpc) is 3.06. The monoisotopic (exact) mass is 420 g/mol. The summed E-state index contributed by atoms with van der Waals surface area (Å²) in [5, 5.41) is 24.1. The number of hydrogen-bond donors (Lipinski definition) is 2. The van der Waals surface area contributed by atoms with Crippen molar-refractivity contribution >= 4 is 9.84 Å². The van der Waals surface area contributed by atoms with E-state index in [1.807, 2.05) is 6.92 Å². The highest BCUT2D eigenvalue weighted by atomic mass is 32.2. The van der Waals surface area contributed by atoms with Crippen molar-refractivity contribution in [1.29, 1.82) is 0 Å². The highest BCUT2D eigenvalue weighted by Crippen LogP contribution is 2.35. The zero-order valence-corrected chi connectivity index (χ0v) is 17.3. The zero-order chi connectivity index (χ0) is 21.5. The summed E-state index contributed by atoms with van der Waals surface area (Å²) in [7, 11) is -3.30. The van der Waals surface area contributed by atoms with E-state index in [0.29, 0.717) is 5.69 Å². The minimum atomic E-state index is -3.30. The van der Waals surface area contributed by atoms with E-state index in [4.69, 9.17) is 5.10 Å². The van der Waals surface area contributed by atoms with E-state index < -0.39 is 9.84 Å². The van der Waals surface area contributed by atoms with Gasteiger partial charge >= 0.3 is 0 Å². The van der Waals surface area contributed by atoms with Crippen molar-refractivity contribution in [3.8, 4) is 39.7 Å². The molecule has 0 atom stereocenters. The molecule has 152 valence electrons. The number of benzene rings is 3. The van der Waals surface area contributed by atoms with Crippen molar-refractivity contribution in [2.45, 2.75) is 11.8 Å². The molecule has 0 aliphatic carbocycles. The van der Waals surface area contributed by atoms with Gasteiger partial charge in [0.25, 0.3) is 0 Å². The smallest absolute Gasteiger partial charge is 0.175 e. The third-order valence-electron chi connectivity index (χ3n) is 4.91. The first kappa shape index (κ1) is 19.7. The van der Waals surface area contributed by atoms with Crippen LogP contribution < -0.4 is 0 Å². The van der Waals surface area contributed by atoms with Crippen LogP contribution in [0.3, 0.4) is 0 Å². The predicted molar refractivity (Wildman–Crippen MR) is 116 cm³/mol. The molecule has 1 heterocycles. The Morgan fingerprint density at radius 1 is 0.767 bits per heavy atom. The van der Waals surface area contributed by atoms with Crippen LogP contribution in [-0.2, 0) is 9.84 Å². The molecule has 0 spiro atoms. The maximum atomic E-state index is 11.8. The van der Waals surface area contributed by atoms with Gasteiger partial charge in [-0.2, -0.15) is 5.10 Å². The van der Waals surface area contributed by atoms with Gasteiger partial charge in [-0.05, 0) is 79.7 Å². The lowest BCUT2D eigenvalue weighted by Gasteiger charge is -2.10. The Morgan fingerprint density at radius 3 is 1.77 bits per heavy atom. The lowest BCUT2D eigenvalue weighted by atomic mass is 10.0. The van der Waals surface area contributed by atoms with Gasteiger partial charge in [-0.3, -0.25) is 0 Å². The molecular formula is C23H20N2O4S. The number of phenolic OH excluding ortho intramolecular Hbond substituents is 2. The molecule has 0 saturated heterocycles. The molecule has 0 radical (unpaired) electrons. The fourth-order valence-corrected chi connectivity index (χ4v) is 4.00. The Kier molecular flexibility index (Phi) is 4.83. The average molecular weight is 420 g/mol. The van der Waals surface area contributed by atoms with Crippen molar-refractivity contribution < 1.29 is 18.6 Å². The normalized spacial score (nSPS) is 11.5. The van der Waals surface area contributed by atoms with Gasteiger partial charge in [0, 0.05) is 22.9 Å². The Labute approximate surface area is 174 Å². The second kappa shape index (κ2) is 7.35. The van der Waals surface area contributed by atoms with Crippen LogP contribution in [0.4, 0.5) is 0 Å². The summed E-state index contributed by atoms with van der Waals surface area (Å²) in [6, 6.07) is 20.2. The number of aromatic nitrogens is 2. The summed E-state index contributed by atoms with van der Waals surface area (Å²) in [6.07, 6.45) is 1.17. The molecule has 1 aromatic heterocycles. The van der Waals surface area contributed by atoms with E-state index >= 15 is 0 Å². The van der Waals surface area contributed by atoms with Gasteiger partial charge in [0.2, 0.25) is 0 Å². The van der Waals surface area contributed by atoms with Gasteiger partial charge in [-0.25, -0.2) is 13.1 Å². The molecule has 0 saturated carbocycles. The summed E-state index contributed by atoms with van der Waals surface area (Å²) in [5.74, 6) is 0.338. The van der Waals surface area contributed by atoms with Gasteiger partial charge < -0.3 is 10.2 Å². The quantitative estimate of drug-likeness (QED) is 0.513. The van der Waals surface area contributed by atoms with E-state index in [9.17, 15) is 18.6 Å². The first-order valence-electron chi connectivity index (χ1n) is 9.23. The largest absolute Gasteiger partial charge is 0.508 e. The molecule has 0 fully saturated rings. The predicted octanol–water partition coefficient (Wildman–Crippen LogP) is 4.33. The molecule has 6 nitrogen and oxygen atoms in total. The summed E-state index contributed by atoms with van der Waals surface area (Å²) < 4.78 is 25.4. The molecule has 2 N–H and O–H groups in total. The van der Waals surface area contributed by atoms with Crippen molar-refractivity contribution in [1.82, 2.24) is 9.78 Å². The van der Waals surface area contributed by atoms with Crippen molar-refractivity contribution in [3.63, 3.8) is 0 Å². The van der Waals surface area contributed by atoms with Crippen LogP contribution >= 0.6 is 0 Å². The number of hydrogen-bond acceptors (Lipinski definition) is 5. The molecule has 30 heavy (non-hydrogen) atoms. The van der Waals surface area contributed by atoms with Crippen LogP contribution in [-0.4, -0.2) is 34.7 Å². The zero-order valence-electron chi connectivity index (χ0n) is 16.4. The highest BCUT2D eigenvalue weighted by molar-refractivity contribution is 7.90. The molecule has 0 amide bonds. The lowest BCUT2D eigenvalue weighted by Crippen LogP contribution is -2.02. The second-order valence-electron chi connectivity index (χ2n) is 7.09. The van der Waals surface area contributed by atoms with Crippen molar-refractivity contribution in [2.24, 2.45) is 0 Å². The SMILES string of the molecule is Cc1c(-c2ccc(O)cc2)nn(-c2ccc(S(C)(=O)=O)cc2)c1-c1ccc(O)cc1. The van der Waals surface area contributed by atoms with Gasteiger partial charge in [-0.1, -0.05) is 0 Å². The van der Waals surface area contributed by atoms with Gasteiger partial charge in [0.15, 0.2) is 9.84 Å². The van der Waals surface area contributed by atoms with Crippen LogP contribution in [0.2, 0.25) is 0 Å². The third-order valence-corrected chi connectivity index (χ3v) is 6.04. The third kappa shape index (κ3) is 3.67. The van der Waals surface area contributed by atoms with Crippen LogP contribution in [0.15, 0.2) is 77.7 Å². The van der Waals surface area contributed by atoms with Gasteiger partial charge in [0.05, 0.1) is 22.0 Å². The van der Waals surface area contributed by atoms with Gasteiger partial charge in [-0.15, -0.1) is 0 Å². The molecular weight excluding hydrogens is 400 g/mol. The minimum Gasteiger partial charge on any atom is -0.508 e. The fourth-order valence-electron chi connectivity index (χ4n) is 3.37. The van der Waals surface area contributed by atoms with Crippen LogP contribution in [0, 0.1) is 6.92 Å². The maximum Gasteiger partial charge on any atom is 0.175 e. The number of aromatic hydroxyl groups is 2. The molecule has 4 aromatic rings. The second-order valence-corrected chi connectivity index (χ2v) is 9.11. The molecule has 3 aromatic carbocycles. The van der Waals surface area contributed by atoms with Crippen molar-refractivity contribution in [3.05, 3.63) is 78.4 Å². The lowest BCUT2D eigenvalue weighted by molar-refractivity contribution is 0.475. The minimum absolute atomic E-state index is 0.165. The summed E-state index contributed by atoms with van der Waals surface area (Å²) in [6.45, 7) is 1.96. The van der Waals surface area contributed by atoms with E-state index in [1.54, 1.807) is 77.5 Å². The molecule has 4 rings (SSSR count). The van der Waals surface area contributed by atoms with E-state index in [0.717, 1.165) is 28.1 Å². The van der Waals surface area contributed by atoms with E-state index in [-0.39, 0.29) is 16.4 Å². The number of rotatable bonds is 4. The molecule has 7 heteroatoms. The van der Waals surface area contributed by atoms with E-state index in [2.05, 4.69) is 0 Å². The topological polar surface area (TPSA) is 92.4 Å². The summed E-state index contributed by atoms with van der Waals surface area (Å²) in [4.78, 5) is 0.236.